The number of nitrogens with one attached hydrogen (secondary N) is 1. The molecule has 1 N–H and O–H groups in total. The molecule has 0 spiro atoms. The van der Waals surface area contributed by atoms with Crippen molar-refractivity contribution in [3.05, 3.63) is 38.9 Å². The van der Waals surface area contributed by atoms with Gasteiger partial charge in [0.1, 0.15) is 0 Å². The van der Waals surface area contributed by atoms with Crippen molar-refractivity contribution in [3.63, 3.8) is 0 Å². The third-order valence-electron chi connectivity index (χ3n) is 1.47. The maximum absolute atomic E-state index is 10.0. The maximum atomic E-state index is 10.0. The minimum absolute atomic E-state index is 0.0595. The van der Waals surface area contributed by atoms with Gasteiger partial charge < -0.3 is 5.32 Å². The highest BCUT2D eigenvalue weighted by Gasteiger charge is 1.96. The summed E-state index contributed by atoms with van der Waals surface area (Å²) in [5.74, 6) is 0. The number of rotatable bonds is 4. The first-order valence-electron chi connectivity index (χ1n) is 3.80. The molecule has 0 radical (unpaired) electrons. The van der Waals surface area contributed by atoms with Gasteiger partial charge in [0.2, 0.25) is 6.54 Å². The van der Waals surface area contributed by atoms with Crippen molar-refractivity contribution in [3.8, 4) is 0 Å². The largest absolute Gasteiger partial charge is 0.378 e. The fourth-order valence-corrected chi connectivity index (χ4v) is 1.12. The van der Waals surface area contributed by atoms with Crippen LogP contribution in [0.2, 0.25) is 0 Å². The van der Waals surface area contributed by atoms with E-state index in [-0.39, 0.29) is 11.5 Å². The molecule has 0 aliphatic rings. The summed E-state index contributed by atoms with van der Waals surface area (Å²) >= 11 is 3.30. The molecule has 0 aliphatic carbocycles. The summed E-state index contributed by atoms with van der Waals surface area (Å²) in [4.78, 5) is 9.66. The first-order chi connectivity index (χ1) is 6.18. The van der Waals surface area contributed by atoms with E-state index in [0.717, 1.165) is 10.2 Å². The maximum Gasteiger partial charge on any atom is 0.220 e. The highest BCUT2D eigenvalue weighted by atomic mass is 79.9. The van der Waals surface area contributed by atoms with Crippen LogP contribution in [0.4, 0.5) is 5.69 Å². The molecule has 13 heavy (non-hydrogen) atoms. The molecule has 0 aromatic heterocycles. The quantitative estimate of drug-likeness (QED) is 0.653. The molecule has 0 fully saturated rings. The molecular formula is C8H9BrN2O2. The van der Waals surface area contributed by atoms with Gasteiger partial charge in [-0.05, 0) is 24.3 Å². The van der Waals surface area contributed by atoms with Gasteiger partial charge in [-0.2, -0.15) is 0 Å². The zero-order chi connectivity index (χ0) is 9.68. The lowest BCUT2D eigenvalue weighted by Gasteiger charge is -2.02. The molecule has 70 valence electrons. The van der Waals surface area contributed by atoms with Gasteiger partial charge in [-0.3, -0.25) is 10.1 Å². The average Bonchev–Trinajstić information content (AvgIpc) is 2.08. The van der Waals surface area contributed by atoms with E-state index < -0.39 is 0 Å². The van der Waals surface area contributed by atoms with Gasteiger partial charge in [-0.15, -0.1) is 0 Å². The fraction of sp³-hybridized carbons (Fsp3) is 0.250. The molecule has 0 amide bonds. The third-order valence-corrected chi connectivity index (χ3v) is 2.00. The summed E-state index contributed by atoms with van der Waals surface area (Å²) in [6, 6.07) is 7.50. The molecule has 0 bridgehead atoms. The second-order valence-electron chi connectivity index (χ2n) is 2.49. The van der Waals surface area contributed by atoms with Gasteiger partial charge >= 0.3 is 0 Å². The van der Waals surface area contributed by atoms with Crippen LogP contribution in [0.25, 0.3) is 0 Å². The van der Waals surface area contributed by atoms with Crippen LogP contribution in [0.15, 0.2) is 28.7 Å². The highest BCUT2D eigenvalue weighted by Crippen LogP contribution is 2.13. The highest BCUT2D eigenvalue weighted by molar-refractivity contribution is 9.10. The Balaban J connectivity index is 2.37. The lowest BCUT2D eigenvalue weighted by molar-refractivity contribution is -0.476. The van der Waals surface area contributed by atoms with E-state index in [0.29, 0.717) is 6.54 Å². The number of anilines is 1. The van der Waals surface area contributed by atoms with Crippen molar-refractivity contribution in [2.45, 2.75) is 0 Å². The molecule has 0 saturated carbocycles. The Morgan fingerprint density at radius 2 is 2.00 bits per heavy atom. The van der Waals surface area contributed by atoms with E-state index in [4.69, 9.17) is 0 Å². The predicted octanol–water partition coefficient (Wildman–Crippen LogP) is 2.14. The first kappa shape index (κ1) is 9.98. The third kappa shape index (κ3) is 3.89. The predicted molar refractivity (Wildman–Crippen MR) is 54.5 cm³/mol. The zero-order valence-corrected chi connectivity index (χ0v) is 8.45. The van der Waals surface area contributed by atoms with Crippen LogP contribution in [0.3, 0.4) is 0 Å². The molecule has 1 aromatic carbocycles. The summed E-state index contributed by atoms with van der Waals surface area (Å²) < 4.78 is 0.993. The van der Waals surface area contributed by atoms with Gasteiger partial charge in [0.05, 0.1) is 6.54 Å². The van der Waals surface area contributed by atoms with Gasteiger partial charge in [-0.1, -0.05) is 15.9 Å². The first-order valence-corrected chi connectivity index (χ1v) is 4.59. The molecule has 0 saturated heterocycles. The van der Waals surface area contributed by atoms with E-state index in [1.54, 1.807) is 0 Å². The monoisotopic (exact) mass is 244 g/mol. The summed E-state index contributed by atoms with van der Waals surface area (Å²) in [6.07, 6.45) is 0. The molecule has 4 nitrogen and oxygen atoms in total. The van der Waals surface area contributed by atoms with Gasteiger partial charge in [-0.25, -0.2) is 0 Å². The van der Waals surface area contributed by atoms with Crippen molar-refractivity contribution < 1.29 is 4.92 Å². The Hall–Kier alpha value is -1.10. The minimum Gasteiger partial charge on any atom is -0.378 e. The second kappa shape index (κ2) is 4.81. The van der Waals surface area contributed by atoms with Crippen molar-refractivity contribution >= 4 is 21.6 Å². The number of halogens is 1. The van der Waals surface area contributed by atoms with Crippen LogP contribution in [-0.2, 0) is 0 Å². The summed E-state index contributed by atoms with van der Waals surface area (Å²) in [6.45, 7) is 0.296. The standard InChI is InChI=1S/C8H9BrN2O2/c9-7-1-3-8(4-2-7)10-5-6-11(12)13/h1-4,10H,5-6H2. The topological polar surface area (TPSA) is 55.2 Å². The van der Waals surface area contributed by atoms with Gasteiger partial charge in [0.15, 0.2) is 0 Å². The van der Waals surface area contributed by atoms with E-state index in [1.165, 1.54) is 0 Å². The van der Waals surface area contributed by atoms with Crippen LogP contribution in [0.5, 0.6) is 0 Å². The smallest absolute Gasteiger partial charge is 0.220 e. The van der Waals surface area contributed by atoms with E-state index in [1.807, 2.05) is 24.3 Å². The van der Waals surface area contributed by atoms with E-state index in [9.17, 15) is 10.1 Å². The SMILES string of the molecule is O=[N+]([O-])CCNc1ccc(Br)cc1. The number of hydrogen-bond acceptors (Lipinski definition) is 3. The van der Waals surface area contributed by atoms with E-state index in [2.05, 4.69) is 21.2 Å². The minimum atomic E-state index is -0.341. The lowest BCUT2D eigenvalue weighted by Crippen LogP contribution is -2.13. The summed E-state index contributed by atoms with van der Waals surface area (Å²) in [5.41, 5.74) is 0.894. The molecule has 0 heterocycles. The average molecular weight is 245 g/mol. The normalized spacial score (nSPS) is 9.62. The molecule has 0 unspecified atom stereocenters. The van der Waals surface area contributed by atoms with Crippen LogP contribution in [0, 0.1) is 10.1 Å². The Bertz CT molecular complexity index is 287. The van der Waals surface area contributed by atoms with Crippen molar-refractivity contribution in [2.75, 3.05) is 18.4 Å². The van der Waals surface area contributed by atoms with Crippen LogP contribution < -0.4 is 5.32 Å². The molecule has 1 aromatic rings. The van der Waals surface area contributed by atoms with Crippen molar-refractivity contribution in [1.29, 1.82) is 0 Å². The molecular weight excluding hydrogens is 236 g/mol. The van der Waals surface area contributed by atoms with E-state index >= 15 is 0 Å². The molecule has 1 rings (SSSR count). The summed E-state index contributed by atoms with van der Waals surface area (Å²) in [7, 11) is 0. The zero-order valence-electron chi connectivity index (χ0n) is 6.87. The Morgan fingerprint density at radius 1 is 1.38 bits per heavy atom. The molecule has 0 aliphatic heterocycles. The number of hydrogen-bond donors (Lipinski definition) is 1. The number of nitro groups is 1. The van der Waals surface area contributed by atoms with Gasteiger partial charge in [0.25, 0.3) is 0 Å². The molecule has 0 atom stereocenters. The Labute approximate surface area is 84.2 Å². The fourth-order valence-electron chi connectivity index (χ4n) is 0.859. The lowest BCUT2D eigenvalue weighted by atomic mass is 10.3. The summed E-state index contributed by atoms with van der Waals surface area (Å²) in [5, 5.41) is 12.9. The van der Waals surface area contributed by atoms with Gasteiger partial charge in [0, 0.05) is 15.1 Å². The number of benzene rings is 1. The molecule has 5 heteroatoms. The second-order valence-corrected chi connectivity index (χ2v) is 3.41. The Kier molecular flexibility index (Phi) is 3.70. The van der Waals surface area contributed by atoms with Crippen LogP contribution in [0.1, 0.15) is 0 Å². The Morgan fingerprint density at radius 3 is 2.54 bits per heavy atom. The van der Waals surface area contributed by atoms with Crippen LogP contribution >= 0.6 is 15.9 Å². The number of nitrogens with zero attached hydrogens (tertiary/aromatic N) is 1. The van der Waals surface area contributed by atoms with Crippen LogP contribution in [-0.4, -0.2) is 18.0 Å². The van der Waals surface area contributed by atoms with Crippen molar-refractivity contribution in [1.82, 2.24) is 0 Å². The van der Waals surface area contributed by atoms with Crippen molar-refractivity contribution in [2.24, 2.45) is 0 Å².